The zero-order valence-electron chi connectivity index (χ0n) is 34.0. The number of hydrogen-bond donors (Lipinski definition) is 0. The molecule has 0 spiro atoms. The number of carbonyl (C=O) groups is 3. The topological polar surface area (TPSA) is 102 Å². The number of carbonyl (C=O) groups excluding carboxylic acids is 3. The maximum absolute atomic E-state index is 12.7. The summed E-state index contributed by atoms with van der Waals surface area (Å²) in [6.45, 7) is 4.64. The molecule has 8 heteroatoms. The van der Waals surface area contributed by atoms with Gasteiger partial charge in [0, 0.05) is 19.3 Å². The van der Waals surface area contributed by atoms with Crippen LogP contribution in [0, 0.1) is 0 Å². The normalized spacial score (nSPS) is 13.0. The molecule has 0 radical (unpaired) electrons. The molecule has 0 saturated heterocycles. The lowest BCUT2D eigenvalue weighted by Gasteiger charge is -2.34. The Kier molecular flexibility index (Phi) is 33.8. The van der Waals surface area contributed by atoms with E-state index in [0.29, 0.717) is 12.8 Å². The van der Waals surface area contributed by atoms with Gasteiger partial charge in [0.1, 0.15) is 12.6 Å². The van der Waals surface area contributed by atoms with Crippen LogP contribution in [0.1, 0.15) is 194 Å². The summed E-state index contributed by atoms with van der Waals surface area (Å²) in [4.78, 5) is 36.6. The first-order valence-electron chi connectivity index (χ1n) is 21.2. The minimum Gasteiger partial charge on any atom is -0.544 e. The molecule has 0 bridgehead atoms. The molecule has 300 valence electrons. The molecular formula is C43H81NO7. The van der Waals surface area contributed by atoms with Gasteiger partial charge in [-0.2, -0.15) is 0 Å². The summed E-state index contributed by atoms with van der Waals surface area (Å²) < 4.78 is 17.1. The molecule has 0 aromatic rings. The Morgan fingerprint density at radius 2 is 0.980 bits per heavy atom. The van der Waals surface area contributed by atoms with Crippen molar-refractivity contribution in [3.63, 3.8) is 0 Å². The van der Waals surface area contributed by atoms with Crippen molar-refractivity contribution < 1.29 is 38.2 Å². The Labute approximate surface area is 314 Å². The van der Waals surface area contributed by atoms with Crippen molar-refractivity contribution in [2.24, 2.45) is 0 Å². The van der Waals surface area contributed by atoms with E-state index in [1.165, 1.54) is 122 Å². The first kappa shape index (κ1) is 49.1. The Bertz CT molecular complexity index is 854. The van der Waals surface area contributed by atoms with Crippen molar-refractivity contribution in [3.05, 3.63) is 12.2 Å². The standard InChI is InChI=1S/C43H81NO7/c1-6-8-10-12-14-16-17-18-19-20-21-22-23-24-25-26-28-30-32-34-42(46)51-39(37-49-36-35-40(43(47)48)44(3,4)5)38-50-41(45)33-31-29-27-15-13-11-9-7-2/h20-21,39-40H,6-19,22-38H2,1-5H3/b21-20+. The zero-order valence-corrected chi connectivity index (χ0v) is 34.0. The van der Waals surface area contributed by atoms with Gasteiger partial charge in [-0.25, -0.2) is 0 Å². The fourth-order valence-electron chi connectivity index (χ4n) is 6.30. The van der Waals surface area contributed by atoms with Crippen molar-refractivity contribution in [2.75, 3.05) is 41.0 Å². The third kappa shape index (κ3) is 33.6. The molecule has 0 aliphatic rings. The molecule has 2 atom stereocenters. The minimum atomic E-state index is -1.12. The SMILES string of the molecule is CCCCCCCCCC/C=C/CCCCCCCCCC(=O)OC(COCCC(C(=O)[O-])[N+](C)(C)C)COC(=O)CCCCCCCCCC. The molecule has 2 unspecified atom stereocenters. The summed E-state index contributed by atoms with van der Waals surface area (Å²) in [7, 11) is 5.40. The highest BCUT2D eigenvalue weighted by atomic mass is 16.6. The molecule has 0 amide bonds. The second kappa shape index (κ2) is 35.1. The molecule has 8 nitrogen and oxygen atoms in total. The summed E-state index contributed by atoms with van der Waals surface area (Å²) in [6.07, 6.45) is 35.3. The van der Waals surface area contributed by atoms with Crippen LogP contribution < -0.4 is 5.11 Å². The smallest absolute Gasteiger partial charge is 0.306 e. The number of allylic oxidation sites excluding steroid dienone is 2. The lowest BCUT2D eigenvalue weighted by Crippen LogP contribution is -2.55. The van der Waals surface area contributed by atoms with Crippen LogP contribution in [-0.2, 0) is 28.6 Å². The van der Waals surface area contributed by atoms with Gasteiger partial charge in [-0.3, -0.25) is 9.59 Å². The minimum absolute atomic E-state index is 0.0437. The van der Waals surface area contributed by atoms with Gasteiger partial charge in [0.15, 0.2) is 6.10 Å². The Morgan fingerprint density at radius 3 is 1.41 bits per heavy atom. The molecule has 0 N–H and O–H groups in total. The third-order valence-electron chi connectivity index (χ3n) is 9.65. The monoisotopic (exact) mass is 724 g/mol. The van der Waals surface area contributed by atoms with Crippen molar-refractivity contribution >= 4 is 17.9 Å². The summed E-state index contributed by atoms with van der Waals surface area (Å²) in [6, 6.07) is -0.721. The molecule has 0 heterocycles. The van der Waals surface area contributed by atoms with E-state index in [0.717, 1.165) is 38.5 Å². The van der Waals surface area contributed by atoms with Crippen molar-refractivity contribution in [3.8, 4) is 0 Å². The van der Waals surface area contributed by atoms with Gasteiger partial charge < -0.3 is 28.6 Å². The molecule has 0 aromatic carbocycles. The van der Waals surface area contributed by atoms with Gasteiger partial charge in [0.25, 0.3) is 0 Å². The number of ether oxygens (including phenoxy) is 3. The predicted molar refractivity (Wildman–Crippen MR) is 208 cm³/mol. The Hall–Kier alpha value is -1.93. The Balaban J connectivity index is 4.26. The average Bonchev–Trinajstić information content (AvgIpc) is 3.08. The van der Waals surface area contributed by atoms with Crippen molar-refractivity contribution in [2.45, 2.75) is 206 Å². The first-order chi connectivity index (χ1) is 24.6. The first-order valence-corrected chi connectivity index (χ1v) is 21.2. The zero-order chi connectivity index (χ0) is 37.8. The summed E-state index contributed by atoms with van der Waals surface area (Å²) >= 11 is 0. The molecule has 0 fully saturated rings. The van der Waals surface area contributed by atoms with Gasteiger partial charge in [-0.15, -0.1) is 0 Å². The van der Waals surface area contributed by atoms with Gasteiger partial charge in [-0.1, -0.05) is 148 Å². The second-order valence-electron chi connectivity index (χ2n) is 15.6. The second-order valence-corrected chi connectivity index (χ2v) is 15.6. The summed E-state index contributed by atoms with van der Waals surface area (Å²) in [5.41, 5.74) is 0. The van der Waals surface area contributed by atoms with E-state index in [1.807, 2.05) is 0 Å². The van der Waals surface area contributed by atoms with Crippen LogP contribution in [0.3, 0.4) is 0 Å². The van der Waals surface area contributed by atoms with Crippen LogP contribution in [0.2, 0.25) is 0 Å². The quantitative estimate of drug-likeness (QED) is 0.0271. The van der Waals surface area contributed by atoms with E-state index < -0.39 is 18.1 Å². The molecule has 0 aliphatic heterocycles. The number of rotatable bonds is 38. The number of quaternary nitrogens is 1. The van der Waals surface area contributed by atoms with Crippen LogP contribution in [0.15, 0.2) is 12.2 Å². The van der Waals surface area contributed by atoms with E-state index in [4.69, 9.17) is 14.2 Å². The van der Waals surface area contributed by atoms with Crippen LogP contribution in [0.25, 0.3) is 0 Å². The van der Waals surface area contributed by atoms with Crippen molar-refractivity contribution in [1.29, 1.82) is 0 Å². The number of carboxylic acids is 1. The number of nitrogens with zero attached hydrogens (tertiary/aromatic N) is 1. The highest BCUT2D eigenvalue weighted by Gasteiger charge is 2.25. The highest BCUT2D eigenvalue weighted by Crippen LogP contribution is 2.14. The van der Waals surface area contributed by atoms with Gasteiger partial charge in [0.05, 0.1) is 40.3 Å². The summed E-state index contributed by atoms with van der Waals surface area (Å²) in [5.74, 6) is -1.74. The van der Waals surface area contributed by atoms with E-state index in [2.05, 4.69) is 26.0 Å². The van der Waals surface area contributed by atoms with Gasteiger partial charge >= 0.3 is 11.9 Å². The number of likely N-dealkylation sites (N-methyl/N-ethyl adjacent to an activating group) is 1. The van der Waals surface area contributed by atoms with Crippen LogP contribution in [-0.4, -0.2) is 75.5 Å². The highest BCUT2D eigenvalue weighted by molar-refractivity contribution is 5.70. The van der Waals surface area contributed by atoms with Gasteiger partial charge in [-0.05, 0) is 38.5 Å². The number of aliphatic carboxylic acids is 1. The van der Waals surface area contributed by atoms with Crippen LogP contribution in [0.5, 0.6) is 0 Å². The number of hydrogen-bond acceptors (Lipinski definition) is 7. The van der Waals surface area contributed by atoms with Gasteiger partial charge in [0.2, 0.25) is 0 Å². The number of unbranched alkanes of at least 4 members (excludes halogenated alkanes) is 22. The maximum Gasteiger partial charge on any atom is 0.306 e. The molecule has 0 aromatic heterocycles. The fraction of sp³-hybridized carbons (Fsp3) is 0.884. The molecular weight excluding hydrogens is 642 g/mol. The molecule has 51 heavy (non-hydrogen) atoms. The maximum atomic E-state index is 12.7. The lowest BCUT2D eigenvalue weighted by atomic mass is 10.1. The van der Waals surface area contributed by atoms with Crippen molar-refractivity contribution in [1.82, 2.24) is 0 Å². The summed E-state index contributed by atoms with van der Waals surface area (Å²) in [5, 5.41) is 11.6. The predicted octanol–water partition coefficient (Wildman–Crippen LogP) is 9.80. The Morgan fingerprint density at radius 1 is 0.569 bits per heavy atom. The van der Waals surface area contributed by atoms with E-state index >= 15 is 0 Å². The third-order valence-corrected chi connectivity index (χ3v) is 9.65. The van der Waals surface area contributed by atoms with E-state index in [9.17, 15) is 19.5 Å². The number of esters is 2. The average molecular weight is 724 g/mol. The van der Waals surface area contributed by atoms with E-state index in [-0.39, 0.29) is 42.7 Å². The lowest BCUT2D eigenvalue weighted by molar-refractivity contribution is -0.889. The molecule has 0 saturated carbocycles. The van der Waals surface area contributed by atoms with Crippen LogP contribution in [0.4, 0.5) is 0 Å². The molecule has 0 aliphatic carbocycles. The van der Waals surface area contributed by atoms with Crippen LogP contribution >= 0.6 is 0 Å². The number of carboxylic acid groups (broad SMARTS) is 1. The largest absolute Gasteiger partial charge is 0.544 e. The van der Waals surface area contributed by atoms with E-state index in [1.54, 1.807) is 21.1 Å². The molecule has 0 rings (SSSR count). The fourth-order valence-corrected chi connectivity index (χ4v) is 6.30.